The van der Waals surface area contributed by atoms with Gasteiger partial charge in [-0.2, -0.15) is 0 Å². The highest BCUT2D eigenvalue weighted by Gasteiger charge is 2.36. The van der Waals surface area contributed by atoms with Crippen LogP contribution in [0.15, 0.2) is 89.3 Å². The quantitative estimate of drug-likeness (QED) is 0.376. The monoisotopic (exact) mass is 390 g/mol. The summed E-state index contributed by atoms with van der Waals surface area (Å²) < 4.78 is 5.94. The predicted octanol–water partition coefficient (Wildman–Crippen LogP) is 5.45. The van der Waals surface area contributed by atoms with E-state index in [4.69, 9.17) is 4.42 Å². The molecule has 0 fully saturated rings. The molecule has 0 atom stereocenters. The van der Waals surface area contributed by atoms with E-state index in [0.717, 1.165) is 16.3 Å². The van der Waals surface area contributed by atoms with Crippen molar-refractivity contribution in [2.75, 3.05) is 4.90 Å². The van der Waals surface area contributed by atoms with Gasteiger partial charge in [0.05, 0.1) is 16.8 Å². The SMILES string of the molecule is O=C1c2ccccc2C(=O)N1c1ccc2oc(-c3ccc4ccccc4c3)nc2c1. The molecule has 0 bridgehead atoms. The molecule has 1 aliphatic heterocycles. The average Bonchev–Trinajstić information content (AvgIpc) is 3.32. The smallest absolute Gasteiger partial charge is 0.266 e. The van der Waals surface area contributed by atoms with Crippen LogP contribution in [0.1, 0.15) is 20.7 Å². The molecular weight excluding hydrogens is 376 g/mol. The van der Waals surface area contributed by atoms with Crippen molar-refractivity contribution in [1.82, 2.24) is 4.98 Å². The second kappa shape index (κ2) is 6.12. The maximum absolute atomic E-state index is 12.8. The summed E-state index contributed by atoms with van der Waals surface area (Å²) in [5, 5.41) is 2.24. The van der Waals surface area contributed by atoms with E-state index < -0.39 is 0 Å². The summed E-state index contributed by atoms with van der Waals surface area (Å²) in [5.41, 5.74) is 3.36. The second-order valence-corrected chi connectivity index (χ2v) is 7.22. The minimum absolute atomic E-state index is 0.326. The minimum Gasteiger partial charge on any atom is -0.436 e. The van der Waals surface area contributed by atoms with E-state index in [1.807, 2.05) is 36.4 Å². The first-order valence-corrected chi connectivity index (χ1v) is 9.57. The molecule has 0 spiro atoms. The number of hydrogen-bond acceptors (Lipinski definition) is 4. The molecule has 2 heterocycles. The molecule has 0 radical (unpaired) electrons. The van der Waals surface area contributed by atoms with Gasteiger partial charge in [0.15, 0.2) is 5.58 Å². The van der Waals surface area contributed by atoms with Crippen LogP contribution < -0.4 is 4.90 Å². The fraction of sp³-hybridized carbons (Fsp3) is 0. The van der Waals surface area contributed by atoms with Crippen LogP contribution in [0, 0.1) is 0 Å². The third kappa shape index (κ3) is 2.39. The Morgan fingerprint density at radius 1 is 0.700 bits per heavy atom. The lowest BCUT2D eigenvalue weighted by molar-refractivity contribution is 0.0926. The number of aromatic nitrogens is 1. The molecule has 0 N–H and O–H groups in total. The molecule has 0 unspecified atom stereocenters. The molecule has 5 nitrogen and oxygen atoms in total. The van der Waals surface area contributed by atoms with Crippen molar-refractivity contribution in [3.63, 3.8) is 0 Å². The number of carbonyl (C=O) groups excluding carboxylic acids is 2. The zero-order valence-corrected chi connectivity index (χ0v) is 15.7. The molecule has 30 heavy (non-hydrogen) atoms. The molecule has 5 aromatic rings. The number of oxazole rings is 1. The van der Waals surface area contributed by atoms with Crippen LogP contribution in [0.4, 0.5) is 5.69 Å². The molecule has 142 valence electrons. The van der Waals surface area contributed by atoms with E-state index in [9.17, 15) is 9.59 Å². The van der Waals surface area contributed by atoms with Gasteiger partial charge >= 0.3 is 0 Å². The Kier molecular flexibility index (Phi) is 3.40. The van der Waals surface area contributed by atoms with Crippen LogP contribution in [-0.4, -0.2) is 16.8 Å². The Bertz CT molecular complexity index is 1460. The Balaban J connectivity index is 1.42. The normalized spacial score (nSPS) is 13.4. The first-order valence-electron chi connectivity index (χ1n) is 9.57. The number of anilines is 1. The van der Waals surface area contributed by atoms with Crippen LogP contribution in [0.25, 0.3) is 33.3 Å². The van der Waals surface area contributed by atoms with Gasteiger partial charge in [-0.15, -0.1) is 0 Å². The number of benzene rings is 4. The summed E-state index contributed by atoms with van der Waals surface area (Å²) in [6.07, 6.45) is 0. The van der Waals surface area contributed by atoms with Crippen molar-refractivity contribution in [2.24, 2.45) is 0 Å². The van der Waals surface area contributed by atoms with Crippen molar-refractivity contribution in [2.45, 2.75) is 0 Å². The van der Waals surface area contributed by atoms with E-state index >= 15 is 0 Å². The molecule has 1 aliphatic rings. The molecule has 2 amide bonds. The van der Waals surface area contributed by atoms with Crippen LogP contribution in [0.3, 0.4) is 0 Å². The van der Waals surface area contributed by atoms with Gasteiger partial charge in [0.1, 0.15) is 5.52 Å². The standard InChI is InChI=1S/C25H14N2O3/c28-24-19-7-3-4-8-20(19)25(29)27(24)18-11-12-22-21(14-18)26-23(30-22)17-10-9-15-5-1-2-6-16(15)13-17/h1-14H. The van der Waals surface area contributed by atoms with Gasteiger partial charge in [-0.05, 0) is 53.2 Å². The van der Waals surface area contributed by atoms with Gasteiger partial charge in [-0.3, -0.25) is 9.59 Å². The molecular formula is C25H14N2O3. The van der Waals surface area contributed by atoms with Crippen molar-refractivity contribution >= 4 is 39.4 Å². The van der Waals surface area contributed by atoms with E-state index in [1.165, 1.54) is 4.90 Å². The summed E-state index contributed by atoms with van der Waals surface area (Å²) in [6.45, 7) is 0. The maximum Gasteiger partial charge on any atom is 0.266 e. The van der Waals surface area contributed by atoms with E-state index in [2.05, 4.69) is 11.1 Å². The largest absolute Gasteiger partial charge is 0.436 e. The number of imide groups is 1. The lowest BCUT2D eigenvalue weighted by Crippen LogP contribution is -2.29. The Hall–Kier alpha value is -4.25. The fourth-order valence-corrected chi connectivity index (χ4v) is 3.92. The highest BCUT2D eigenvalue weighted by Crippen LogP contribution is 2.32. The lowest BCUT2D eigenvalue weighted by atomic mass is 10.1. The molecule has 4 aromatic carbocycles. The number of nitrogens with zero attached hydrogens (tertiary/aromatic N) is 2. The van der Waals surface area contributed by atoms with Crippen LogP contribution in [0.2, 0.25) is 0 Å². The van der Waals surface area contributed by atoms with E-state index in [-0.39, 0.29) is 11.8 Å². The summed E-state index contributed by atoms with van der Waals surface area (Å²) in [7, 11) is 0. The van der Waals surface area contributed by atoms with Crippen molar-refractivity contribution < 1.29 is 14.0 Å². The molecule has 0 saturated carbocycles. The van der Waals surface area contributed by atoms with Crippen molar-refractivity contribution in [3.8, 4) is 11.5 Å². The van der Waals surface area contributed by atoms with E-state index in [0.29, 0.717) is 33.8 Å². The zero-order chi connectivity index (χ0) is 20.2. The van der Waals surface area contributed by atoms with Crippen LogP contribution in [-0.2, 0) is 0 Å². The number of rotatable bonds is 2. The number of hydrogen-bond donors (Lipinski definition) is 0. The third-order valence-electron chi connectivity index (χ3n) is 5.42. The Morgan fingerprint density at radius 3 is 2.17 bits per heavy atom. The highest BCUT2D eigenvalue weighted by atomic mass is 16.3. The van der Waals surface area contributed by atoms with Gasteiger partial charge in [0, 0.05) is 5.56 Å². The van der Waals surface area contributed by atoms with Crippen LogP contribution in [0.5, 0.6) is 0 Å². The van der Waals surface area contributed by atoms with Crippen LogP contribution >= 0.6 is 0 Å². The summed E-state index contributed by atoms with van der Waals surface area (Å²) in [4.78, 5) is 31.3. The first-order chi connectivity index (χ1) is 14.7. The molecule has 5 heteroatoms. The number of amides is 2. The fourth-order valence-electron chi connectivity index (χ4n) is 3.92. The zero-order valence-electron chi connectivity index (χ0n) is 15.7. The lowest BCUT2D eigenvalue weighted by Gasteiger charge is -2.13. The predicted molar refractivity (Wildman–Crippen MR) is 115 cm³/mol. The summed E-state index contributed by atoms with van der Waals surface area (Å²) in [6, 6.07) is 26.1. The highest BCUT2D eigenvalue weighted by molar-refractivity contribution is 6.34. The molecule has 0 saturated heterocycles. The van der Waals surface area contributed by atoms with Gasteiger partial charge in [0.2, 0.25) is 5.89 Å². The number of carbonyl (C=O) groups is 2. The van der Waals surface area contributed by atoms with E-state index in [1.54, 1.807) is 42.5 Å². The maximum atomic E-state index is 12.8. The molecule has 0 aliphatic carbocycles. The summed E-state index contributed by atoms with van der Waals surface area (Å²) >= 11 is 0. The van der Waals surface area contributed by atoms with Gasteiger partial charge in [-0.1, -0.05) is 42.5 Å². The molecule has 1 aromatic heterocycles. The summed E-state index contributed by atoms with van der Waals surface area (Å²) in [5.74, 6) is -0.156. The average molecular weight is 390 g/mol. The van der Waals surface area contributed by atoms with Gasteiger partial charge < -0.3 is 4.42 Å². The minimum atomic E-state index is -0.326. The Labute approximate surface area is 171 Å². The van der Waals surface area contributed by atoms with Crippen molar-refractivity contribution in [1.29, 1.82) is 0 Å². The molecule has 6 rings (SSSR count). The Morgan fingerprint density at radius 2 is 1.40 bits per heavy atom. The number of fused-ring (bicyclic) bond motifs is 3. The van der Waals surface area contributed by atoms with Gasteiger partial charge in [0.25, 0.3) is 11.8 Å². The van der Waals surface area contributed by atoms with Crippen molar-refractivity contribution in [3.05, 3.63) is 96.1 Å². The third-order valence-corrected chi connectivity index (χ3v) is 5.42. The van der Waals surface area contributed by atoms with Gasteiger partial charge in [-0.25, -0.2) is 9.88 Å². The first kappa shape index (κ1) is 16.7. The topological polar surface area (TPSA) is 63.4 Å². The second-order valence-electron chi connectivity index (χ2n) is 7.22.